The summed E-state index contributed by atoms with van der Waals surface area (Å²) in [5, 5.41) is 8.76. The van der Waals surface area contributed by atoms with Crippen LogP contribution in [0, 0.1) is 5.92 Å². The van der Waals surface area contributed by atoms with Crippen LogP contribution in [0.5, 0.6) is 0 Å². The monoisotopic (exact) mass is 198 g/mol. The van der Waals surface area contributed by atoms with E-state index < -0.39 is 11.9 Å². The first-order valence-electron chi connectivity index (χ1n) is 4.72. The van der Waals surface area contributed by atoms with E-state index in [0.717, 1.165) is 6.42 Å². The van der Waals surface area contributed by atoms with Gasteiger partial charge in [0.15, 0.2) is 5.78 Å². The lowest BCUT2D eigenvalue weighted by Gasteiger charge is -2.18. The van der Waals surface area contributed by atoms with Gasteiger partial charge in [-0.25, -0.2) is 0 Å². The van der Waals surface area contributed by atoms with Crippen molar-refractivity contribution in [3.8, 4) is 0 Å². The highest BCUT2D eigenvalue weighted by atomic mass is 16.5. The number of rotatable bonds is 4. The van der Waals surface area contributed by atoms with Crippen LogP contribution >= 0.6 is 0 Å². The lowest BCUT2D eigenvalue weighted by Crippen LogP contribution is -2.22. The zero-order valence-corrected chi connectivity index (χ0v) is 8.16. The van der Waals surface area contributed by atoms with E-state index >= 15 is 0 Å². The first kappa shape index (κ1) is 10.8. The van der Waals surface area contributed by atoms with Crippen molar-refractivity contribution in [2.45, 2.75) is 26.2 Å². The number of carbonyl (C=O) groups is 2. The molecule has 14 heavy (non-hydrogen) atoms. The van der Waals surface area contributed by atoms with Crippen molar-refractivity contribution in [2.24, 2.45) is 5.92 Å². The minimum Gasteiger partial charge on any atom is -0.498 e. The van der Waals surface area contributed by atoms with Gasteiger partial charge in [-0.15, -0.1) is 0 Å². The first-order valence-corrected chi connectivity index (χ1v) is 4.72. The zero-order chi connectivity index (χ0) is 10.6. The summed E-state index contributed by atoms with van der Waals surface area (Å²) in [7, 11) is 0. The van der Waals surface area contributed by atoms with Crippen molar-refractivity contribution < 1.29 is 19.4 Å². The predicted molar refractivity (Wildman–Crippen MR) is 49.7 cm³/mol. The van der Waals surface area contributed by atoms with Crippen LogP contribution in [0.25, 0.3) is 0 Å². The van der Waals surface area contributed by atoms with Crippen molar-refractivity contribution in [3.05, 3.63) is 11.8 Å². The zero-order valence-electron chi connectivity index (χ0n) is 8.16. The van der Waals surface area contributed by atoms with E-state index in [-0.39, 0.29) is 12.2 Å². The second-order valence-corrected chi connectivity index (χ2v) is 3.37. The minimum absolute atomic E-state index is 0.0916. The quantitative estimate of drug-likeness (QED) is 0.740. The summed E-state index contributed by atoms with van der Waals surface area (Å²) in [5.41, 5.74) is 0. The van der Waals surface area contributed by atoms with Gasteiger partial charge in [-0.1, -0.05) is 6.92 Å². The van der Waals surface area contributed by atoms with Gasteiger partial charge in [-0.2, -0.15) is 0 Å². The normalized spacial score (nSPS) is 21.6. The van der Waals surface area contributed by atoms with E-state index in [9.17, 15) is 9.59 Å². The van der Waals surface area contributed by atoms with Crippen molar-refractivity contribution in [1.29, 1.82) is 0 Å². The summed E-state index contributed by atoms with van der Waals surface area (Å²) in [4.78, 5) is 21.8. The molecule has 0 amide bonds. The molecule has 1 unspecified atom stereocenters. The van der Waals surface area contributed by atoms with Crippen LogP contribution in [0.15, 0.2) is 11.8 Å². The maximum absolute atomic E-state index is 11.1. The van der Waals surface area contributed by atoms with Crippen LogP contribution in [0.4, 0.5) is 0 Å². The Morgan fingerprint density at radius 2 is 2.36 bits per heavy atom. The summed E-state index contributed by atoms with van der Waals surface area (Å²) in [6.07, 6.45) is 2.69. The van der Waals surface area contributed by atoms with Gasteiger partial charge >= 0.3 is 5.97 Å². The van der Waals surface area contributed by atoms with Crippen molar-refractivity contribution in [3.63, 3.8) is 0 Å². The second kappa shape index (κ2) is 4.79. The molecular weight excluding hydrogens is 184 g/mol. The third kappa shape index (κ3) is 2.87. The molecule has 1 aliphatic rings. The summed E-state index contributed by atoms with van der Waals surface area (Å²) in [6, 6.07) is 0. The highest BCUT2D eigenvalue weighted by Crippen LogP contribution is 2.23. The van der Waals surface area contributed by atoms with Crippen molar-refractivity contribution in [1.82, 2.24) is 0 Å². The molecule has 0 fully saturated rings. The number of ether oxygens (including phenoxy) is 1. The fraction of sp³-hybridized carbons (Fsp3) is 0.600. The molecule has 0 saturated heterocycles. The molecule has 1 aliphatic carbocycles. The highest BCUT2D eigenvalue weighted by molar-refractivity contribution is 5.94. The maximum atomic E-state index is 11.1. The van der Waals surface area contributed by atoms with Crippen LogP contribution in [0.2, 0.25) is 0 Å². The van der Waals surface area contributed by atoms with Crippen LogP contribution in [-0.2, 0) is 14.3 Å². The molecule has 1 rings (SSSR count). The molecule has 0 aromatic carbocycles. The van der Waals surface area contributed by atoms with Crippen LogP contribution < -0.4 is 0 Å². The van der Waals surface area contributed by atoms with E-state index in [1.54, 1.807) is 0 Å². The molecule has 0 aromatic rings. The molecule has 0 heterocycles. The Hall–Kier alpha value is -1.32. The fourth-order valence-electron chi connectivity index (χ4n) is 1.36. The van der Waals surface area contributed by atoms with Crippen LogP contribution in [0.3, 0.4) is 0 Å². The molecule has 0 aliphatic heterocycles. The van der Waals surface area contributed by atoms with Crippen LogP contribution in [-0.4, -0.2) is 23.5 Å². The summed E-state index contributed by atoms with van der Waals surface area (Å²) in [6.45, 7) is 2.49. The third-order valence-electron chi connectivity index (χ3n) is 2.06. The highest BCUT2D eigenvalue weighted by Gasteiger charge is 2.26. The topological polar surface area (TPSA) is 63.6 Å². The van der Waals surface area contributed by atoms with E-state index in [4.69, 9.17) is 9.84 Å². The number of hydrogen-bond donors (Lipinski definition) is 1. The average Bonchev–Trinajstić information content (AvgIpc) is 2.14. The molecule has 1 N–H and O–H groups in total. The molecule has 1 atom stereocenters. The lowest BCUT2D eigenvalue weighted by atomic mass is 9.92. The summed E-state index contributed by atoms with van der Waals surface area (Å²) in [5.74, 6) is -1.19. The van der Waals surface area contributed by atoms with E-state index in [0.29, 0.717) is 18.8 Å². The summed E-state index contributed by atoms with van der Waals surface area (Å²) < 4.78 is 5.26. The molecule has 0 aromatic heterocycles. The Kier molecular flexibility index (Phi) is 3.68. The van der Waals surface area contributed by atoms with Gasteiger partial charge in [-0.05, 0) is 6.42 Å². The number of hydrogen-bond acceptors (Lipinski definition) is 3. The van der Waals surface area contributed by atoms with E-state index in [2.05, 4.69) is 0 Å². The van der Waals surface area contributed by atoms with Crippen LogP contribution in [0.1, 0.15) is 26.2 Å². The molecule has 4 heteroatoms. The number of carboxylic acid groups (broad SMARTS) is 1. The van der Waals surface area contributed by atoms with Crippen molar-refractivity contribution >= 4 is 11.8 Å². The number of carboxylic acids is 1. The Labute approximate surface area is 82.6 Å². The largest absolute Gasteiger partial charge is 0.498 e. The third-order valence-corrected chi connectivity index (χ3v) is 2.06. The smallest absolute Gasteiger partial charge is 0.307 e. The predicted octanol–water partition coefficient (Wildman–Crippen LogP) is 1.36. The number of ketones is 1. The summed E-state index contributed by atoms with van der Waals surface area (Å²) >= 11 is 0. The van der Waals surface area contributed by atoms with Gasteiger partial charge in [0, 0.05) is 18.9 Å². The molecule has 0 spiro atoms. The van der Waals surface area contributed by atoms with Gasteiger partial charge < -0.3 is 9.84 Å². The number of allylic oxidation sites excluding steroid dienone is 2. The van der Waals surface area contributed by atoms with Gasteiger partial charge in [0.1, 0.15) is 5.76 Å². The van der Waals surface area contributed by atoms with Crippen molar-refractivity contribution in [2.75, 3.05) is 6.61 Å². The second-order valence-electron chi connectivity index (χ2n) is 3.37. The Balaban J connectivity index is 2.58. The maximum Gasteiger partial charge on any atom is 0.307 e. The Morgan fingerprint density at radius 1 is 1.64 bits per heavy atom. The first-order chi connectivity index (χ1) is 6.63. The fourth-order valence-corrected chi connectivity index (χ4v) is 1.36. The minimum atomic E-state index is -0.927. The van der Waals surface area contributed by atoms with Gasteiger partial charge in [0.25, 0.3) is 0 Å². The lowest BCUT2D eigenvalue weighted by molar-refractivity contribution is -0.144. The molecule has 78 valence electrons. The van der Waals surface area contributed by atoms with E-state index in [1.165, 1.54) is 6.08 Å². The standard InChI is InChI=1S/C10H14O4/c1-2-3-14-9-5-7(10(12)13)4-8(11)6-9/h6-7H,2-5H2,1H3,(H,12,13). The number of aliphatic carboxylic acids is 1. The molecule has 0 bridgehead atoms. The van der Waals surface area contributed by atoms with Gasteiger partial charge in [-0.3, -0.25) is 9.59 Å². The SMILES string of the molecule is CCCOC1=CC(=O)CC(C(=O)O)C1. The Morgan fingerprint density at radius 3 is 2.93 bits per heavy atom. The Bertz CT molecular complexity index is 267. The molecule has 4 nitrogen and oxygen atoms in total. The molecule has 0 saturated carbocycles. The van der Waals surface area contributed by atoms with Gasteiger partial charge in [0.05, 0.1) is 12.5 Å². The molecule has 0 radical (unpaired) electrons. The molecular formula is C10H14O4. The van der Waals surface area contributed by atoms with E-state index in [1.807, 2.05) is 6.92 Å². The number of carbonyl (C=O) groups excluding carboxylic acids is 1. The van der Waals surface area contributed by atoms with Gasteiger partial charge in [0.2, 0.25) is 0 Å². The average molecular weight is 198 g/mol.